The molecular weight excluding hydrogens is 302 g/mol. The summed E-state index contributed by atoms with van der Waals surface area (Å²) < 4.78 is 5.93. The number of fused-ring (bicyclic) bond motifs is 2. The lowest BCUT2D eigenvalue weighted by atomic mass is 9.97. The second kappa shape index (κ2) is 5.24. The summed E-state index contributed by atoms with van der Waals surface area (Å²) in [6, 6.07) is 12.7. The number of para-hydroxylation sites is 1. The smallest absolute Gasteiger partial charge is 0.0862 e. The van der Waals surface area contributed by atoms with E-state index < -0.39 is 0 Å². The Hall–Kier alpha value is -1.16. The fourth-order valence-corrected chi connectivity index (χ4v) is 4.49. The molecule has 4 heteroatoms. The highest BCUT2D eigenvalue weighted by Gasteiger charge is 2.32. The molecule has 2 nitrogen and oxygen atoms in total. The minimum Gasteiger partial charge on any atom is -0.374 e. The van der Waals surface area contributed by atoms with Crippen molar-refractivity contribution in [3.05, 3.63) is 47.0 Å². The Kier molecular flexibility index (Phi) is 3.37. The number of halogens is 1. The molecule has 2 aromatic carbocycles. The van der Waals surface area contributed by atoms with E-state index in [1.165, 1.54) is 26.7 Å². The van der Waals surface area contributed by atoms with Gasteiger partial charge in [-0.15, -0.1) is 0 Å². The Morgan fingerprint density at radius 3 is 3.05 bits per heavy atom. The Morgan fingerprint density at radius 2 is 2.19 bits per heavy atom. The lowest BCUT2D eigenvalue weighted by Gasteiger charge is -2.40. The molecule has 2 aliphatic heterocycles. The van der Waals surface area contributed by atoms with Gasteiger partial charge in [0.25, 0.3) is 0 Å². The van der Waals surface area contributed by atoms with E-state index in [9.17, 15) is 0 Å². The van der Waals surface area contributed by atoms with E-state index in [0.717, 1.165) is 24.6 Å². The van der Waals surface area contributed by atoms with Crippen molar-refractivity contribution in [1.29, 1.82) is 0 Å². The first-order valence-corrected chi connectivity index (χ1v) is 8.47. The van der Waals surface area contributed by atoms with E-state index in [1.807, 2.05) is 17.8 Å². The molecule has 0 fully saturated rings. The van der Waals surface area contributed by atoms with Crippen molar-refractivity contribution < 1.29 is 4.74 Å². The molecule has 0 N–H and O–H groups in total. The van der Waals surface area contributed by atoms with Crippen molar-refractivity contribution in [2.24, 2.45) is 0 Å². The maximum Gasteiger partial charge on any atom is 0.0862 e. The van der Waals surface area contributed by atoms with Crippen molar-refractivity contribution in [3.63, 3.8) is 0 Å². The molecule has 0 aliphatic carbocycles. The minimum atomic E-state index is 0.211. The standard InChI is InChI=1S/C17H16ClNOS/c1-2-20-14-8-9-19-13-10-11(18)6-7-15(13)21-16-5-3-4-12(14)17(16)19/h3-7,10,14H,2,8-9H2,1H3. The first-order chi connectivity index (χ1) is 10.3. The number of nitrogens with zero attached hydrogens (tertiary/aromatic N) is 1. The van der Waals surface area contributed by atoms with Gasteiger partial charge in [-0.3, -0.25) is 0 Å². The lowest BCUT2D eigenvalue weighted by Crippen LogP contribution is -2.30. The molecule has 0 saturated carbocycles. The van der Waals surface area contributed by atoms with Crippen LogP contribution in [-0.2, 0) is 4.74 Å². The topological polar surface area (TPSA) is 12.5 Å². The summed E-state index contributed by atoms with van der Waals surface area (Å²) in [7, 11) is 0. The molecule has 0 amide bonds. The zero-order valence-corrected chi connectivity index (χ0v) is 13.4. The fraction of sp³-hybridized carbons (Fsp3) is 0.294. The van der Waals surface area contributed by atoms with Gasteiger partial charge in [-0.1, -0.05) is 35.5 Å². The number of rotatable bonds is 2. The molecule has 2 aliphatic rings. The quantitative estimate of drug-likeness (QED) is 0.733. The monoisotopic (exact) mass is 317 g/mol. The van der Waals surface area contributed by atoms with Gasteiger partial charge in [0.2, 0.25) is 0 Å². The van der Waals surface area contributed by atoms with Gasteiger partial charge in [0.05, 0.1) is 17.5 Å². The van der Waals surface area contributed by atoms with Crippen LogP contribution in [0.4, 0.5) is 11.4 Å². The third-order valence-electron chi connectivity index (χ3n) is 4.06. The normalized spacial score (nSPS) is 19.1. The number of ether oxygens (including phenoxy) is 1. The maximum atomic E-state index is 6.20. The molecule has 4 rings (SSSR count). The molecule has 0 bridgehead atoms. The molecule has 0 saturated heterocycles. The summed E-state index contributed by atoms with van der Waals surface area (Å²) in [4.78, 5) is 4.99. The number of hydrogen-bond acceptors (Lipinski definition) is 3. The van der Waals surface area contributed by atoms with Crippen LogP contribution in [0.5, 0.6) is 0 Å². The first-order valence-electron chi connectivity index (χ1n) is 7.27. The highest BCUT2D eigenvalue weighted by atomic mass is 35.5. The van der Waals surface area contributed by atoms with E-state index in [4.69, 9.17) is 16.3 Å². The van der Waals surface area contributed by atoms with Crippen LogP contribution in [0.2, 0.25) is 5.02 Å². The number of benzene rings is 2. The van der Waals surface area contributed by atoms with Crippen LogP contribution < -0.4 is 4.90 Å². The van der Waals surface area contributed by atoms with Crippen LogP contribution in [0, 0.1) is 0 Å². The van der Waals surface area contributed by atoms with E-state index in [0.29, 0.717) is 0 Å². The van der Waals surface area contributed by atoms with Crippen molar-refractivity contribution in [2.45, 2.75) is 29.2 Å². The Balaban J connectivity index is 1.87. The van der Waals surface area contributed by atoms with E-state index >= 15 is 0 Å². The molecule has 108 valence electrons. The average Bonchev–Trinajstić information content (AvgIpc) is 2.50. The number of hydrogen-bond donors (Lipinski definition) is 0. The maximum absolute atomic E-state index is 6.20. The van der Waals surface area contributed by atoms with E-state index in [1.54, 1.807) is 0 Å². The highest BCUT2D eigenvalue weighted by Crippen LogP contribution is 2.53. The fourth-order valence-electron chi connectivity index (χ4n) is 3.21. The summed E-state index contributed by atoms with van der Waals surface area (Å²) >= 11 is 8.02. The molecule has 0 spiro atoms. The van der Waals surface area contributed by atoms with Gasteiger partial charge in [-0.05, 0) is 37.6 Å². The first kappa shape index (κ1) is 13.5. The van der Waals surface area contributed by atoms with Gasteiger partial charge in [-0.2, -0.15) is 0 Å². The third kappa shape index (κ3) is 2.15. The number of anilines is 2. The minimum absolute atomic E-state index is 0.211. The molecule has 1 atom stereocenters. The van der Waals surface area contributed by atoms with Crippen molar-refractivity contribution in [1.82, 2.24) is 0 Å². The average molecular weight is 318 g/mol. The zero-order valence-electron chi connectivity index (χ0n) is 11.8. The van der Waals surface area contributed by atoms with Gasteiger partial charge < -0.3 is 9.64 Å². The van der Waals surface area contributed by atoms with Gasteiger partial charge in [0.15, 0.2) is 0 Å². The Labute approximate surface area is 134 Å². The molecular formula is C17H16ClNOS. The summed E-state index contributed by atoms with van der Waals surface area (Å²) in [5.41, 5.74) is 3.84. The van der Waals surface area contributed by atoms with Crippen LogP contribution in [0.1, 0.15) is 25.0 Å². The highest BCUT2D eigenvalue weighted by molar-refractivity contribution is 7.99. The van der Waals surface area contributed by atoms with E-state index in [-0.39, 0.29) is 6.10 Å². The van der Waals surface area contributed by atoms with Crippen LogP contribution in [-0.4, -0.2) is 13.2 Å². The lowest BCUT2D eigenvalue weighted by molar-refractivity contribution is 0.0552. The molecule has 2 heterocycles. The summed E-state index contributed by atoms with van der Waals surface area (Å²) in [5.74, 6) is 0. The van der Waals surface area contributed by atoms with Crippen molar-refractivity contribution in [2.75, 3.05) is 18.1 Å². The van der Waals surface area contributed by atoms with Crippen LogP contribution >= 0.6 is 23.4 Å². The van der Waals surface area contributed by atoms with Crippen molar-refractivity contribution >= 4 is 34.7 Å². The second-order valence-electron chi connectivity index (χ2n) is 5.29. The molecule has 1 unspecified atom stereocenters. The zero-order chi connectivity index (χ0) is 14.4. The largest absolute Gasteiger partial charge is 0.374 e. The van der Waals surface area contributed by atoms with Crippen LogP contribution in [0.25, 0.3) is 0 Å². The second-order valence-corrected chi connectivity index (χ2v) is 6.81. The van der Waals surface area contributed by atoms with Crippen LogP contribution in [0.15, 0.2) is 46.2 Å². The van der Waals surface area contributed by atoms with Gasteiger partial charge in [0.1, 0.15) is 0 Å². The molecule has 21 heavy (non-hydrogen) atoms. The van der Waals surface area contributed by atoms with Crippen molar-refractivity contribution in [3.8, 4) is 0 Å². The predicted molar refractivity (Wildman–Crippen MR) is 88.0 cm³/mol. The Morgan fingerprint density at radius 1 is 1.29 bits per heavy atom. The molecule has 0 aromatic heterocycles. The SMILES string of the molecule is CCOC1CCN2c3cc(Cl)ccc3Sc3cccc1c32. The van der Waals surface area contributed by atoms with Gasteiger partial charge in [-0.25, -0.2) is 0 Å². The summed E-state index contributed by atoms with van der Waals surface area (Å²) in [5, 5.41) is 0.794. The molecule has 0 radical (unpaired) electrons. The summed E-state index contributed by atoms with van der Waals surface area (Å²) in [6.07, 6.45) is 1.23. The van der Waals surface area contributed by atoms with Gasteiger partial charge in [0, 0.05) is 33.5 Å². The summed E-state index contributed by atoms with van der Waals surface area (Å²) in [6.45, 7) is 3.79. The third-order valence-corrected chi connectivity index (χ3v) is 5.41. The van der Waals surface area contributed by atoms with E-state index in [2.05, 4.69) is 42.2 Å². The van der Waals surface area contributed by atoms with Gasteiger partial charge >= 0.3 is 0 Å². The predicted octanol–water partition coefficient (Wildman–Crippen LogP) is 5.42. The Bertz CT molecular complexity index is 703. The molecule has 2 aromatic rings. The van der Waals surface area contributed by atoms with Crippen LogP contribution in [0.3, 0.4) is 0 Å².